The molecular weight excluding hydrogens is 298 g/mol. The molecule has 0 saturated carbocycles. The fourth-order valence-electron chi connectivity index (χ4n) is 2.19. The quantitative estimate of drug-likeness (QED) is 0.530. The first-order valence-electron chi connectivity index (χ1n) is 8.02. The standard InChI is InChI=1S/C21H27NO2/c1-5-21(4,13-6-7-16(2)3)14-12-17-8-10-19(23)18(15-17)9-11-20(22)24/h5,7-12,14-15,23H,1,6,13H2,2-4H3,(H2,22,24)/b11-9+,14-12+/t21-/m1/s1. The van der Waals surface area contributed by atoms with Gasteiger partial charge in [0.15, 0.2) is 0 Å². The van der Waals surface area contributed by atoms with Crippen molar-refractivity contribution in [3.8, 4) is 5.75 Å². The van der Waals surface area contributed by atoms with Crippen LogP contribution >= 0.6 is 0 Å². The molecule has 3 heteroatoms. The van der Waals surface area contributed by atoms with E-state index in [2.05, 4.69) is 39.5 Å². The second kappa shape index (κ2) is 8.92. The van der Waals surface area contributed by atoms with Crippen LogP contribution in [0.25, 0.3) is 12.2 Å². The molecule has 128 valence electrons. The normalized spacial score (nSPS) is 13.8. The number of hydrogen-bond acceptors (Lipinski definition) is 2. The maximum Gasteiger partial charge on any atom is 0.241 e. The summed E-state index contributed by atoms with van der Waals surface area (Å²) in [5, 5.41) is 9.84. The second-order valence-corrected chi connectivity index (χ2v) is 6.42. The topological polar surface area (TPSA) is 63.3 Å². The molecule has 0 aliphatic rings. The van der Waals surface area contributed by atoms with Crippen LogP contribution in [0.15, 0.2) is 54.7 Å². The summed E-state index contributed by atoms with van der Waals surface area (Å²) in [4.78, 5) is 10.8. The lowest BCUT2D eigenvalue weighted by Crippen LogP contribution is -2.08. The zero-order chi connectivity index (χ0) is 18.2. The highest BCUT2D eigenvalue weighted by Crippen LogP contribution is 2.29. The van der Waals surface area contributed by atoms with Crippen molar-refractivity contribution in [2.24, 2.45) is 11.1 Å². The van der Waals surface area contributed by atoms with Crippen molar-refractivity contribution in [2.45, 2.75) is 33.6 Å². The van der Waals surface area contributed by atoms with Gasteiger partial charge in [-0.05, 0) is 50.5 Å². The average Bonchev–Trinajstić information content (AvgIpc) is 2.52. The third-order valence-electron chi connectivity index (χ3n) is 3.84. The van der Waals surface area contributed by atoms with Gasteiger partial charge in [-0.2, -0.15) is 0 Å². The van der Waals surface area contributed by atoms with Crippen LogP contribution in [-0.2, 0) is 4.79 Å². The van der Waals surface area contributed by atoms with Crippen LogP contribution in [0.1, 0.15) is 44.7 Å². The fraction of sp³-hybridized carbons (Fsp3) is 0.286. The number of nitrogens with two attached hydrogens (primary N) is 1. The Morgan fingerprint density at radius 3 is 2.62 bits per heavy atom. The van der Waals surface area contributed by atoms with Gasteiger partial charge in [0.05, 0.1) is 0 Å². The maximum absolute atomic E-state index is 10.8. The number of carbonyl (C=O) groups excluding carboxylic acids is 1. The molecule has 0 radical (unpaired) electrons. The van der Waals surface area contributed by atoms with Crippen molar-refractivity contribution in [1.82, 2.24) is 0 Å². The molecule has 0 fully saturated rings. The van der Waals surface area contributed by atoms with Gasteiger partial charge in [-0.3, -0.25) is 4.79 Å². The molecule has 0 aliphatic heterocycles. The lowest BCUT2D eigenvalue weighted by Gasteiger charge is -2.20. The molecule has 0 aliphatic carbocycles. The van der Waals surface area contributed by atoms with Crippen molar-refractivity contribution >= 4 is 18.1 Å². The molecule has 1 aromatic rings. The van der Waals surface area contributed by atoms with E-state index in [0.717, 1.165) is 18.4 Å². The third-order valence-corrected chi connectivity index (χ3v) is 3.84. The largest absolute Gasteiger partial charge is 0.507 e. The van der Waals surface area contributed by atoms with Crippen LogP contribution in [0.5, 0.6) is 5.75 Å². The molecule has 0 bridgehead atoms. The lowest BCUT2D eigenvalue weighted by atomic mass is 9.84. The van der Waals surface area contributed by atoms with Gasteiger partial charge < -0.3 is 10.8 Å². The highest BCUT2D eigenvalue weighted by atomic mass is 16.3. The molecule has 24 heavy (non-hydrogen) atoms. The molecule has 1 aromatic carbocycles. The van der Waals surface area contributed by atoms with Crippen molar-refractivity contribution in [3.63, 3.8) is 0 Å². The molecule has 0 saturated heterocycles. The number of phenolic OH excluding ortho intramolecular Hbond substituents is 1. The minimum atomic E-state index is -0.547. The number of phenols is 1. The van der Waals surface area contributed by atoms with Crippen molar-refractivity contribution in [3.05, 3.63) is 65.8 Å². The van der Waals surface area contributed by atoms with Gasteiger partial charge in [0.2, 0.25) is 5.91 Å². The van der Waals surface area contributed by atoms with E-state index in [0.29, 0.717) is 5.56 Å². The second-order valence-electron chi connectivity index (χ2n) is 6.42. The number of rotatable bonds is 8. The minimum Gasteiger partial charge on any atom is -0.507 e. The number of carbonyl (C=O) groups is 1. The van der Waals surface area contributed by atoms with Gasteiger partial charge in [-0.15, -0.1) is 6.58 Å². The van der Waals surface area contributed by atoms with Gasteiger partial charge in [-0.25, -0.2) is 0 Å². The summed E-state index contributed by atoms with van der Waals surface area (Å²) in [6, 6.07) is 5.24. The van der Waals surface area contributed by atoms with Crippen molar-refractivity contribution < 1.29 is 9.90 Å². The Kier molecular flexibility index (Phi) is 7.25. The SMILES string of the molecule is C=C[C@@](C)(/C=C/c1ccc(O)c(/C=C/C(N)=O)c1)CCC=C(C)C. The summed E-state index contributed by atoms with van der Waals surface area (Å²) in [6.07, 6.45) is 13.0. The Balaban J connectivity index is 2.95. The first kappa shape index (κ1) is 19.5. The van der Waals surface area contributed by atoms with Gasteiger partial charge in [0.1, 0.15) is 5.75 Å². The van der Waals surface area contributed by atoms with Gasteiger partial charge in [0, 0.05) is 17.1 Å². The van der Waals surface area contributed by atoms with E-state index in [4.69, 9.17) is 5.73 Å². The zero-order valence-electron chi connectivity index (χ0n) is 14.8. The maximum atomic E-state index is 10.8. The number of aromatic hydroxyl groups is 1. The monoisotopic (exact) mass is 325 g/mol. The summed E-state index contributed by atoms with van der Waals surface area (Å²) < 4.78 is 0. The van der Waals surface area contributed by atoms with Gasteiger partial charge in [0.25, 0.3) is 0 Å². The Morgan fingerprint density at radius 2 is 2.04 bits per heavy atom. The predicted octanol–water partition coefficient (Wildman–Crippen LogP) is 4.84. The smallest absolute Gasteiger partial charge is 0.241 e. The number of benzene rings is 1. The van der Waals surface area contributed by atoms with Gasteiger partial charge >= 0.3 is 0 Å². The van der Waals surface area contributed by atoms with E-state index in [9.17, 15) is 9.90 Å². The van der Waals surface area contributed by atoms with E-state index in [-0.39, 0.29) is 11.2 Å². The zero-order valence-corrected chi connectivity index (χ0v) is 14.8. The molecule has 3 nitrogen and oxygen atoms in total. The number of hydrogen-bond donors (Lipinski definition) is 2. The van der Waals surface area contributed by atoms with E-state index >= 15 is 0 Å². The number of primary amides is 1. The van der Waals surface area contributed by atoms with E-state index < -0.39 is 5.91 Å². The van der Waals surface area contributed by atoms with Crippen LogP contribution in [0.2, 0.25) is 0 Å². The van der Waals surface area contributed by atoms with E-state index in [1.165, 1.54) is 17.7 Å². The number of amides is 1. The summed E-state index contributed by atoms with van der Waals surface area (Å²) in [6.45, 7) is 10.3. The third kappa shape index (κ3) is 6.69. The summed E-state index contributed by atoms with van der Waals surface area (Å²) >= 11 is 0. The molecule has 0 heterocycles. The Bertz CT molecular complexity index is 679. The lowest BCUT2D eigenvalue weighted by molar-refractivity contribution is -0.113. The molecule has 1 amide bonds. The predicted molar refractivity (Wildman–Crippen MR) is 102 cm³/mol. The van der Waals surface area contributed by atoms with Crippen molar-refractivity contribution in [1.29, 1.82) is 0 Å². The average molecular weight is 325 g/mol. The molecule has 0 unspecified atom stereocenters. The van der Waals surface area contributed by atoms with Gasteiger partial charge in [-0.1, -0.05) is 42.9 Å². The Morgan fingerprint density at radius 1 is 1.33 bits per heavy atom. The van der Waals surface area contributed by atoms with Crippen LogP contribution in [0.4, 0.5) is 0 Å². The first-order chi connectivity index (χ1) is 11.3. The highest BCUT2D eigenvalue weighted by molar-refractivity contribution is 5.90. The van der Waals surface area contributed by atoms with Crippen molar-refractivity contribution in [2.75, 3.05) is 0 Å². The first-order valence-corrected chi connectivity index (χ1v) is 8.02. The molecule has 3 N–H and O–H groups in total. The Hall–Kier alpha value is -2.55. The summed E-state index contributed by atoms with van der Waals surface area (Å²) in [5.41, 5.74) is 7.80. The van der Waals surface area contributed by atoms with E-state index in [1.807, 2.05) is 24.3 Å². The molecule has 0 aromatic heterocycles. The molecule has 1 atom stereocenters. The van der Waals surface area contributed by atoms with E-state index in [1.54, 1.807) is 6.07 Å². The molecular formula is C21H27NO2. The molecule has 1 rings (SSSR count). The Labute approximate surface area is 144 Å². The number of allylic oxidation sites excluding steroid dienone is 4. The van der Waals surface area contributed by atoms with Crippen LogP contribution in [-0.4, -0.2) is 11.0 Å². The van der Waals surface area contributed by atoms with Crippen LogP contribution in [0, 0.1) is 5.41 Å². The summed E-state index contributed by atoms with van der Waals surface area (Å²) in [7, 11) is 0. The van der Waals surface area contributed by atoms with Crippen LogP contribution < -0.4 is 5.73 Å². The molecule has 0 spiro atoms. The highest BCUT2D eigenvalue weighted by Gasteiger charge is 2.15. The van der Waals surface area contributed by atoms with Crippen LogP contribution in [0.3, 0.4) is 0 Å². The fourth-order valence-corrected chi connectivity index (χ4v) is 2.19. The summed E-state index contributed by atoms with van der Waals surface area (Å²) in [5.74, 6) is -0.437. The minimum absolute atomic E-state index is 0.104.